The van der Waals surface area contributed by atoms with Crippen LogP contribution in [-0.4, -0.2) is 35.5 Å². The highest BCUT2D eigenvalue weighted by atomic mass is 16.4. The first kappa shape index (κ1) is 17.0. The second kappa shape index (κ2) is 7.76. The number of hydrogen-bond donors (Lipinski definition) is 2. The molecule has 2 N–H and O–H groups in total. The summed E-state index contributed by atoms with van der Waals surface area (Å²) in [7, 11) is 0. The maximum absolute atomic E-state index is 12.2. The number of carbonyl (C=O) groups is 3. The van der Waals surface area contributed by atoms with Crippen molar-refractivity contribution in [3.05, 3.63) is 29.8 Å². The number of carbonyl (C=O) groups excluding carboxylic acids is 2. The minimum absolute atomic E-state index is 0.0905. The molecule has 1 fully saturated rings. The van der Waals surface area contributed by atoms with Gasteiger partial charge in [-0.25, -0.2) is 4.79 Å². The Labute approximate surface area is 135 Å². The van der Waals surface area contributed by atoms with Gasteiger partial charge in [-0.05, 0) is 37.1 Å². The lowest BCUT2D eigenvalue weighted by Gasteiger charge is -2.17. The van der Waals surface area contributed by atoms with E-state index in [4.69, 9.17) is 5.11 Å². The van der Waals surface area contributed by atoms with E-state index in [1.54, 1.807) is 29.2 Å². The molecular weight excluding hydrogens is 296 g/mol. The Morgan fingerprint density at radius 3 is 2.52 bits per heavy atom. The molecule has 0 bridgehead atoms. The van der Waals surface area contributed by atoms with Crippen LogP contribution in [0.5, 0.6) is 0 Å². The summed E-state index contributed by atoms with van der Waals surface area (Å²) in [4.78, 5) is 36.7. The third-order valence-electron chi connectivity index (χ3n) is 3.96. The molecule has 0 radical (unpaired) electrons. The Bertz CT molecular complexity index is 583. The molecule has 6 heteroatoms. The molecule has 1 aliphatic heterocycles. The average Bonchev–Trinajstić information content (AvgIpc) is 2.97. The van der Waals surface area contributed by atoms with Gasteiger partial charge < -0.3 is 15.3 Å². The van der Waals surface area contributed by atoms with Crippen LogP contribution < -0.4 is 10.2 Å². The van der Waals surface area contributed by atoms with Crippen LogP contribution in [0.2, 0.25) is 0 Å². The van der Waals surface area contributed by atoms with Gasteiger partial charge >= 0.3 is 5.97 Å². The molecule has 1 aliphatic rings. The fraction of sp³-hybridized carbons (Fsp3) is 0.471. The zero-order valence-electron chi connectivity index (χ0n) is 13.2. The largest absolute Gasteiger partial charge is 0.480 e. The number of carboxylic acid groups (broad SMARTS) is 1. The fourth-order valence-electron chi connectivity index (χ4n) is 2.62. The van der Waals surface area contributed by atoms with E-state index < -0.39 is 17.9 Å². The number of unbranched alkanes of at least 4 members (excludes halogenated alkanes) is 1. The van der Waals surface area contributed by atoms with Crippen LogP contribution in [0.25, 0.3) is 0 Å². The molecule has 1 aromatic carbocycles. The standard InChI is InChI=1S/C17H22N2O4/c1-2-3-5-14(17(22)23)18-16(21)12-7-9-13(10-8-12)19-11-4-6-15(19)20/h7-10,14H,2-6,11H2,1H3,(H,18,21)(H,22,23). The maximum atomic E-state index is 12.2. The summed E-state index contributed by atoms with van der Waals surface area (Å²) >= 11 is 0. The van der Waals surface area contributed by atoms with Crippen LogP contribution in [0, 0.1) is 0 Å². The molecule has 2 rings (SSSR count). The highest BCUT2D eigenvalue weighted by molar-refractivity contribution is 5.98. The molecule has 2 amide bonds. The number of nitrogens with zero attached hydrogens (tertiary/aromatic N) is 1. The third-order valence-corrected chi connectivity index (χ3v) is 3.96. The number of hydrogen-bond acceptors (Lipinski definition) is 3. The molecule has 0 spiro atoms. The number of amides is 2. The van der Waals surface area contributed by atoms with Crippen molar-refractivity contribution in [2.45, 2.75) is 45.1 Å². The number of rotatable bonds is 7. The summed E-state index contributed by atoms with van der Waals surface area (Å²) in [5.74, 6) is -1.34. The van der Waals surface area contributed by atoms with E-state index in [-0.39, 0.29) is 5.91 Å². The smallest absolute Gasteiger partial charge is 0.326 e. The average molecular weight is 318 g/mol. The zero-order valence-corrected chi connectivity index (χ0v) is 13.2. The minimum Gasteiger partial charge on any atom is -0.480 e. The summed E-state index contributed by atoms with van der Waals surface area (Å²) < 4.78 is 0. The normalized spacial score (nSPS) is 15.5. The number of carboxylic acids is 1. The van der Waals surface area contributed by atoms with Crippen LogP contribution in [-0.2, 0) is 9.59 Å². The van der Waals surface area contributed by atoms with Gasteiger partial charge in [0.1, 0.15) is 6.04 Å². The third kappa shape index (κ3) is 4.31. The van der Waals surface area contributed by atoms with E-state index in [2.05, 4.69) is 5.32 Å². The van der Waals surface area contributed by atoms with Crippen LogP contribution >= 0.6 is 0 Å². The second-order valence-electron chi connectivity index (χ2n) is 5.70. The SMILES string of the molecule is CCCCC(NC(=O)c1ccc(N2CCCC2=O)cc1)C(=O)O. The highest BCUT2D eigenvalue weighted by Gasteiger charge is 2.23. The van der Waals surface area contributed by atoms with E-state index in [0.717, 1.165) is 24.9 Å². The van der Waals surface area contributed by atoms with Crippen molar-refractivity contribution in [2.24, 2.45) is 0 Å². The first-order valence-electron chi connectivity index (χ1n) is 7.97. The molecule has 1 heterocycles. The van der Waals surface area contributed by atoms with Crippen LogP contribution in [0.3, 0.4) is 0 Å². The van der Waals surface area contributed by atoms with Crippen molar-refractivity contribution in [1.82, 2.24) is 5.32 Å². The molecule has 1 aromatic rings. The van der Waals surface area contributed by atoms with Crippen molar-refractivity contribution in [1.29, 1.82) is 0 Å². The lowest BCUT2D eigenvalue weighted by atomic mass is 10.1. The van der Waals surface area contributed by atoms with Crippen molar-refractivity contribution in [3.63, 3.8) is 0 Å². The number of anilines is 1. The van der Waals surface area contributed by atoms with Gasteiger partial charge in [-0.15, -0.1) is 0 Å². The molecule has 124 valence electrons. The van der Waals surface area contributed by atoms with Gasteiger partial charge in [-0.3, -0.25) is 9.59 Å². The van der Waals surface area contributed by atoms with Gasteiger partial charge in [0.15, 0.2) is 0 Å². The molecule has 0 aliphatic carbocycles. The summed E-state index contributed by atoms with van der Waals surface area (Å²) in [6.45, 7) is 2.67. The number of nitrogens with one attached hydrogen (secondary N) is 1. The number of benzene rings is 1. The van der Waals surface area contributed by atoms with Gasteiger partial charge in [0.25, 0.3) is 5.91 Å². The second-order valence-corrected chi connectivity index (χ2v) is 5.70. The molecule has 0 aromatic heterocycles. The Balaban J connectivity index is 2.01. The fourth-order valence-corrected chi connectivity index (χ4v) is 2.62. The lowest BCUT2D eigenvalue weighted by Crippen LogP contribution is -2.40. The van der Waals surface area contributed by atoms with E-state index in [9.17, 15) is 14.4 Å². The first-order valence-corrected chi connectivity index (χ1v) is 7.97. The van der Waals surface area contributed by atoms with Gasteiger partial charge in [0.2, 0.25) is 5.91 Å². The van der Waals surface area contributed by atoms with Gasteiger partial charge in [-0.1, -0.05) is 19.8 Å². The first-order chi connectivity index (χ1) is 11.0. The lowest BCUT2D eigenvalue weighted by molar-refractivity contribution is -0.139. The Hall–Kier alpha value is -2.37. The highest BCUT2D eigenvalue weighted by Crippen LogP contribution is 2.21. The molecule has 0 saturated carbocycles. The van der Waals surface area contributed by atoms with Crippen molar-refractivity contribution >= 4 is 23.5 Å². The minimum atomic E-state index is -1.02. The molecule has 23 heavy (non-hydrogen) atoms. The van der Waals surface area contributed by atoms with Crippen molar-refractivity contribution in [3.8, 4) is 0 Å². The summed E-state index contributed by atoms with van der Waals surface area (Å²) in [5, 5.41) is 11.7. The molecule has 1 unspecified atom stereocenters. The Morgan fingerprint density at radius 2 is 2.00 bits per heavy atom. The van der Waals surface area contributed by atoms with E-state index in [1.807, 2.05) is 6.92 Å². The van der Waals surface area contributed by atoms with E-state index in [0.29, 0.717) is 24.9 Å². The molecule has 1 atom stereocenters. The summed E-state index contributed by atoms with van der Waals surface area (Å²) in [5.41, 5.74) is 1.16. The predicted molar refractivity (Wildman–Crippen MR) is 86.4 cm³/mol. The van der Waals surface area contributed by atoms with Gasteiger partial charge in [-0.2, -0.15) is 0 Å². The molecular formula is C17H22N2O4. The van der Waals surface area contributed by atoms with E-state index >= 15 is 0 Å². The zero-order chi connectivity index (χ0) is 16.8. The van der Waals surface area contributed by atoms with Crippen LogP contribution in [0.4, 0.5) is 5.69 Å². The number of aliphatic carboxylic acids is 1. The van der Waals surface area contributed by atoms with Crippen LogP contribution in [0.15, 0.2) is 24.3 Å². The quantitative estimate of drug-likeness (QED) is 0.807. The van der Waals surface area contributed by atoms with Gasteiger partial charge in [0, 0.05) is 24.2 Å². The summed E-state index contributed by atoms with van der Waals surface area (Å²) in [6.07, 6.45) is 3.43. The van der Waals surface area contributed by atoms with Gasteiger partial charge in [0.05, 0.1) is 0 Å². The van der Waals surface area contributed by atoms with Crippen molar-refractivity contribution < 1.29 is 19.5 Å². The predicted octanol–water partition coefficient (Wildman–Crippen LogP) is 2.19. The summed E-state index contributed by atoms with van der Waals surface area (Å²) in [6, 6.07) is 5.81. The monoisotopic (exact) mass is 318 g/mol. The van der Waals surface area contributed by atoms with Crippen LogP contribution in [0.1, 0.15) is 49.4 Å². The molecule has 1 saturated heterocycles. The van der Waals surface area contributed by atoms with E-state index in [1.165, 1.54) is 0 Å². The van der Waals surface area contributed by atoms with Crippen molar-refractivity contribution in [2.75, 3.05) is 11.4 Å². The maximum Gasteiger partial charge on any atom is 0.326 e. The Morgan fingerprint density at radius 1 is 1.30 bits per heavy atom. The molecule has 6 nitrogen and oxygen atoms in total. The Kier molecular flexibility index (Phi) is 5.73. The topological polar surface area (TPSA) is 86.7 Å².